The number of ether oxygens (including phenoxy) is 1. The van der Waals surface area contributed by atoms with E-state index >= 15 is 0 Å². The van der Waals surface area contributed by atoms with Crippen molar-refractivity contribution >= 4 is 0 Å². The average Bonchev–Trinajstić information content (AvgIpc) is 2.48. The van der Waals surface area contributed by atoms with Gasteiger partial charge in [0.25, 0.3) is 0 Å². The van der Waals surface area contributed by atoms with E-state index in [0.29, 0.717) is 17.7 Å². The van der Waals surface area contributed by atoms with Crippen molar-refractivity contribution in [1.29, 1.82) is 0 Å². The van der Waals surface area contributed by atoms with Crippen LogP contribution in [0.5, 0.6) is 5.75 Å². The first kappa shape index (κ1) is 15.7. The van der Waals surface area contributed by atoms with Crippen LogP contribution in [0, 0.1) is 5.82 Å². The Kier molecular flexibility index (Phi) is 3.75. The first-order valence-corrected chi connectivity index (χ1v) is 7.09. The molecule has 0 radical (unpaired) electrons. The van der Waals surface area contributed by atoms with Crippen LogP contribution in [0.15, 0.2) is 36.5 Å². The molecule has 2 N–H and O–H groups in total. The molecular formula is C16H14F4N2O. The zero-order valence-electron chi connectivity index (χ0n) is 12.0. The monoisotopic (exact) mass is 326 g/mol. The van der Waals surface area contributed by atoms with Crippen LogP contribution >= 0.6 is 0 Å². The van der Waals surface area contributed by atoms with E-state index in [2.05, 4.69) is 9.72 Å². The number of rotatable bonds is 2. The fourth-order valence-electron chi connectivity index (χ4n) is 2.98. The summed E-state index contributed by atoms with van der Waals surface area (Å²) < 4.78 is 54.3. The number of alkyl halides is 3. The largest absolute Gasteiger partial charge is 0.573 e. The van der Waals surface area contributed by atoms with Gasteiger partial charge in [0, 0.05) is 6.20 Å². The maximum absolute atomic E-state index is 14.0. The van der Waals surface area contributed by atoms with Gasteiger partial charge in [-0.3, -0.25) is 4.98 Å². The van der Waals surface area contributed by atoms with Crippen molar-refractivity contribution in [2.24, 2.45) is 5.73 Å². The summed E-state index contributed by atoms with van der Waals surface area (Å²) in [7, 11) is 0. The van der Waals surface area contributed by atoms with Gasteiger partial charge in [-0.15, -0.1) is 13.2 Å². The Bertz CT molecular complexity index is 732. The second-order valence-corrected chi connectivity index (χ2v) is 5.53. The van der Waals surface area contributed by atoms with Gasteiger partial charge in [-0.05, 0) is 48.6 Å². The fourth-order valence-corrected chi connectivity index (χ4v) is 2.98. The number of halogens is 4. The zero-order chi connectivity index (χ0) is 16.7. The topological polar surface area (TPSA) is 48.1 Å². The van der Waals surface area contributed by atoms with E-state index in [1.54, 1.807) is 12.3 Å². The molecule has 7 heteroatoms. The molecule has 3 rings (SSSR count). The minimum atomic E-state index is -4.94. The van der Waals surface area contributed by atoms with Crippen molar-refractivity contribution in [2.75, 3.05) is 0 Å². The summed E-state index contributed by atoms with van der Waals surface area (Å²) in [5, 5.41) is 0. The third-order valence-electron chi connectivity index (χ3n) is 4.00. The van der Waals surface area contributed by atoms with Gasteiger partial charge in [0.15, 0.2) is 11.6 Å². The Balaban J connectivity index is 2.01. The van der Waals surface area contributed by atoms with Crippen LogP contribution in [-0.2, 0) is 12.0 Å². The molecular weight excluding hydrogens is 312 g/mol. The van der Waals surface area contributed by atoms with Crippen molar-refractivity contribution in [3.8, 4) is 5.75 Å². The SMILES string of the molecule is NC1(c2ccc(OC(F)(F)F)c(F)c2)CCCc2cccnc21. The lowest BCUT2D eigenvalue weighted by molar-refractivity contribution is -0.275. The molecule has 0 spiro atoms. The molecule has 1 atom stereocenters. The summed E-state index contributed by atoms with van der Waals surface area (Å²) in [4.78, 5) is 4.30. The lowest BCUT2D eigenvalue weighted by Gasteiger charge is -2.35. The van der Waals surface area contributed by atoms with Gasteiger partial charge in [0.1, 0.15) is 0 Å². The van der Waals surface area contributed by atoms with E-state index < -0.39 is 23.5 Å². The number of fused-ring (bicyclic) bond motifs is 1. The minimum absolute atomic E-state index is 0.379. The van der Waals surface area contributed by atoms with Crippen LogP contribution in [-0.4, -0.2) is 11.3 Å². The Morgan fingerprint density at radius 2 is 2.00 bits per heavy atom. The van der Waals surface area contributed by atoms with Gasteiger partial charge >= 0.3 is 6.36 Å². The third-order valence-corrected chi connectivity index (χ3v) is 4.00. The van der Waals surface area contributed by atoms with Crippen molar-refractivity contribution in [3.63, 3.8) is 0 Å². The lowest BCUT2D eigenvalue weighted by Crippen LogP contribution is -2.42. The number of aryl methyl sites for hydroxylation is 1. The van der Waals surface area contributed by atoms with E-state index in [4.69, 9.17) is 5.73 Å². The molecule has 1 unspecified atom stereocenters. The van der Waals surface area contributed by atoms with Crippen molar-refractivity contribution < 1.29 is 22.3 Å². The molecule has 122 valence electrons. The van der Waals surface area contributed by atoms with Gasteiger partial charge < -0.3 is 10.5 Å². The summed E-state index contributed by atoms with van der Waals surface area (Å²) in [5.74, 6) is -1.98. The highest BCUT2D eigenvalue weighted by atomic mass is 19.4. The van der Waals surface area contributed by atoms with Crippen LogP contribution < -0.4 is 10.5 Å². The first-order valence-electron chi connectivity index (χ1n) is 7.09. The quantitative estimate of drug-likeness (QED) is 0.857. The van der Waals surface area contributed by atoms with Crippen molar-refractivity contribution in [1.82, 2.24) is 4.98 Å². The lowest BCUT2D eigenvalue weighted by atomic mass is 9.76. The molecule has 0 fully saturated rings. The predicted molar refractivity (Wildman–Crippen MR) is 75.2 cm³/mol. The second kappa shape index (κ2) is 5.49. The van der Waals surface area contributed by atoms with Crippen LogP contribution in [0.1, 0.15) is 29.7 Å². The summed E-state index contributed by atoms with van der Waals surface area (Å²) >= 11 is 0. The molecule has 1 heterocycles. The maximum atomic E-state index is 14.0. The molecule has 3 nitrogen and oxygen atoms in total. The summed E-state index contributed by atoms with van der Waals surface area (Å²) in [6.45, 7) is 0. The molecule has 2 aromatic rings. The number of nitrogens with two attached hydrogens (primary N) is 1. The number of nitrogens with zero attached hydrogens (tertiary/aromatic N) is 1. The van der Waals surface area contributed by atoms with Crippen LogP contribution in [0.25, 0.3) is 0 Å². The first-order chi connectivity index (χ1) is 10.8. The maximum Gasteiger partial charge on any atom is 0.573 e. The van der Waals surface area contributed by atoms with Crippen LogP contribution in [0.4, 0.5) is 17.6 Å². The number of benzene rings is 1. The number of hydrogen-bond acceptors (Lipinski definition) is 3. The highest BCUT2D eigenvalue weighted by Gasteiger charge is 2.37. The van der Waals surface area contributed by atoms with Gasteiger partial charge in [0.2, 0.25) is 0 Å². The highest BCUT2D eigenvalue weighted by molar-refractivity contribution is 5.42. The Morgan fingerprint density at radius 1 is 1.22 bits per heavy atom. The molecule has 0 saturated carbocycles. The predicted octanol–water partition coefficient (Wildman–Crippen LogP) is 3.66. The van der Waals surface area contributed by atoms with E-state index in [1.807, 2.05) is 6.07 Å². The molecule has 0 bridgehead atoms. The summed E-state index contributed by atoms with van der Waals surface area (Å²) in [6, 6.07) is 6.99. The van der Waals surface area contributed by atoms with Gasteiger partial charge in [0.05, 0.1) is 11.2 Å². The Morgan fingerprint density at radius 3 is 2.70 bits per heavy atom. The zero-order valence-corrected chi connectivity index (χ0v) is 12.0. The van der Waals surface area contributed by atoms with Gasteiger partial charge in [-0.2, -0.15) is 0 Å². The standard InChI is InChI=1S/C16H14F4N2O/c17-12-9-11(5-6-13(12)23-16(18,19)20)15(21)7-1-3-10-4-2-8-22-14(10)15/h2,4-6,8-9H,1,3,7,21H2. The fraction of sp³-hybridized carbons (Fsp3) is 0.312. The third kappa shape index (κ3) is 3.01. The molecule has 0 amide bonds. The van der Waals surface area contributed by atoms with Crippen LogP contribution in [0.3, 0.4) is 0 Å². The van der Waals surface area contributed by atoms with Gasteiger partial charge in [-0.25, -0.2) is 4.39 Å². The summed E-state index contributed by atoms with van der Waals surface area (Å²) in [5.41, 5.74) is 7.41. The molecule has 1 aromatic heterocycles. The van der Waals surface area contributed by atoms with E-state index in [9.17, 15) is 17.6 Å². The molecule has 0 saturated heterocycles. The van der Waals surface area contributed by atoms with E-state index in [-0.39, 0.29) is 0 Å². The second-order valence-electron chi connectivity index (χ2n) is 5.53. The molecule has 1 aromatic carbocycles. The van der Waals surface area contributed by atoms with Gasteiger partial charge in [-0.1, -0.05) is 12.1 Å². The Labute approximate surface area is 130 Å². The Hall–Kier alpha value is -2.15. The van der Waals surface area contributed by atoms with E-state index in [1.165, 1.54) is 6.07 Å². The molecule has 0 aliphatic heterocycles. The average molecular weight is 326 g/mol. The smallest absolute Gasteiger partial charge is 0.403 e. The number of pyridine rings is 1. The summed E-state index contributed by atoms with van der Waals surface area (Å²) in [6.07, 6.45) is -1.20. The molecule has 23 heavy (non-hydrogen) atoms. The number of hydrogen-bond donors (Lipinski definition) is 1. The normalized spacial score (nSPS) is 20.9. The van der Waals surface area contributed by atoms with E-state index in [0.717, 1.165) is 30.5 Å². The van der Waals surface area contributed by atoms with Crippen LogP contribution in [0.2, 0.25) is 0 Å². The van der Waals surface area contributed by atoms with Crippen molar-refractivity contribution in [3.05, 3.63) is 59.2 Å². The number of aromatic nitrogens is 1. The molecule has 1 aliphatic carbocycles. The molecule has 1 aliphatic rings. The highest BCUT2D eigenvalue weighted by Crippen LogP contribution is 2.38. The van der Waals surface area contributed by atoms with Crippen molar-refractivity contribution in [2.45, 2.75) is 31.2 Å². The minimum Gasteiger partial charge on any atom is -0.403 e.